The summed E-state index contributed by atoms with van der Waals surface area (Å²) in [7, 11) is 0. The Hall–Kier alpha value is -0.300. The van der Waals surface area contributed by atoms with Crippen LogP contribution in [0.3, 0.4) is 0 Å². The summed E-state index contributed by atoms with van der Waals surface area (Å²) < 4.78 is 0. The Labute approximate surface area is 89.2 Å². The van der Waals surface area contributed by atoms with E-state index in [2.05, 4.69) is 26.0 Å². The van der Waals surface area contributed by atoms with E-state index in [-0.39, 0.29) is 0 Å². The zero-order valence-electron chi connectivity index (χ0n) is 10.2. The van der Waals surface area contributed by atoms with Crippen LogP contribution < -0.4 is 0 Å². The van der Waals surface area contributed by atoms with E-state index in [1.165, 1.54) is 25.7 Å². The van der Waals surface area contributed by atoms with E-state index in [1.54, 1.807) is 0 Å². The molecule has 0 spiro atoms. The van der Waals surface area contributed by atoms with Gasteiger partial charge in [0.15, 0.2) is 0 Å². The maximum absolute atomic E-state index is 9.49. The van der Waals surface area contributed by atoms with E-state index in [4.69, 9.17) is 0 Å². The lowest BCUT2D eigenvalue weighted by Gasteiger charge is -2.14. The van der Waals surface area contributed by atoms with Crippen LogP contribution in [0.2, 0.25) is 0 Å². The normalized spacial score (nSPS) is 14.9. The van der Waals surface area contributed by atoms with Gasteiger partial charge in [-0.25, -0.2) is 0 Å². The maximum atomic E-state index is 9.49. The van der Waals surface area contributed by atoms with E-state index >= 15 is 0 Å². The van der Waals surface area contributed by atoms with Crippen molar-refractivity contribution in [2.75, 3.05) is 0 Å². The molecule has 1 atom stereocenters. The predicted molar refractivity (Wildman–Crippen MR) is 63.4 cm³/mol. The van der Waals surface area contributed by atoms with Gasteiger partial charge in [0.2, 0.25) is 0 Å². The van der Waals surface area contributed by atoms with E-state index in [0.29, 0.717) is 0 Å². The fourth-order valence-corrected chi connectivity index (χ4v) is 1.56. The van der Waals surface area contributed by atoms with Crippen LogP contribution in [0.15, 0.2) is 12.2 Å². The highest BCUT2D eigenvalue weighted by molar-refractivity contribution is 4.88. The van der Waals surface area contributed by atoms with Crippen molar-refractivity contribution in [1.82, 2.24) is 0 Å². The molecule has 1 nitrogen and oxygen atoms in total. The highest BCUT2D eigenvalue weighted by Crippen LogP contribution is 2.16. The summed E-state index contributed by atoms with van der Waals surface area (Å²) in [6.45, 7) is 8.19. The minimum Gasteiger partial charge on any atom is -0.390 e. The van der Waals surface area contributed by atoms with Crippen LogP contribution in [-0.2, 0) is 0 Å². The van der Waals surface area contributed by atoms with Gasteiger partial charge in [0.05, 0.1) is 5.60 Å². The van der Waals surface area contributed by atoms with Gasteiger partial charge in [0.25, 0.3) is 0 Å². The summed E-state index contributed by atoms with van der Waals surface area (Å²) in [5, 5.41) is 9.49. The topological polar surface area (TPSA) is 20.2 Å². The Morgan fingerprint density at radius 2 is 1.86 bits per heavy atom. The van der Waals surface area contributed by atoms with Crippen molar-refractivity contribution in [1.29, 1.82) is 0 Å². The Balaban J connectivity index is 3.68. The molecule has 0 heterocycles. The van der Waals surface area contributed by atoms with Crippen LogP contribution in [-0.4, -0.2) is 10.7 Å². The molecule has 0 rings (SSSR count). The molecule has 1 N–H and O–H groups in total. The van der Waals surface area contributed by atoms with E-state index in [9.17, 15) is 5.11 Å². The first-order valence-corrected chi connectivity index (χ1v) is 5.87. The summed E-state index contributed by atoms with van der Waals surface area (Å²) >= 11 is 0. The van der Waals surface area contributed by atoms with E-state index in [0.717, 1.165) is 12.3 Å². The van der Waals surface area contributed by atoms with Gasteiger partial charge in [-0.3, -0.25) is 0 Å². The van der Waals surface area contributed by atoms with Gasteiger partial charge in [-0.1, -0.05) is 45.3 Å². The quantitative estimate of drug-likeness (QED) is 0.615. The molecule has 0 amide bonds. The zero-order chi connectivity index (χ0) is 11.0. The monoisotopic (exact) mass is 198 g/mol. The molecule has 0 aromatic heterocycles. The van der Waals surface area contributed by atoms with Crippen LogP contribution in [0.4, 0.5) is 0 Å². The van der Waals surface area contributed by atoms with Crippen molar-refractivity contribution in [2.45, 2.75) is 65.4 Å². The highest BCUT2D eigenvalue weighted by atomic mass is 16.3. The second-order valence-corrected chi connectivity index (χ2v) is 4.79. The summed E-state index contributed by atoms with van der Waals surface area (Å²) in [5.74, 6) is 0.832. The summed E-state index contributed by atoms with van der Waals surface area (Å²) in [5.41, 5.74) is -0.553. The Morgan fingerprint density at radius 3 is 2.29 bits per heavy atom. The summed E-state index contributed by atoms with van der Waals surface area (Å²) in [6, 6.07) is 0. The molecule has 0 aromatic rings. The van der Waals surface area contributed by atoms with Crippen molar-refractivity contribution in [2.24, 2.45) is 5.92 Å². The van der Waals surface area contributed by atoms with Crippen LogP contribution in [0.5, 0.6) is 0 Å². The number of allylic oxidation sites excluding steroid dienone is 1. The number of hydrogen-bond donors (Lipinski definition) is 1. The predicted octanol–water partition coefficient (Wildman–Crippen LogP) is 3.92. The Kier molecular flexibility index (Phi) is 6.90. The minimum absolute atomic E-state index is 0.553. The molecule has 1 unspecified atom stereocenters. The van der Waals surface area contributed by atoms with Crippen molar-refractivity contribution in [3.63, 3.8) is 0 Å². The second-order valence-electron chi connectivity index (χ2n) is 4.79. The molecule has 0 saturated carbocycles. The number of hydrogen-bond acceptors (Lipinski definition) is 1. The Bertz CT molecular complexity index is 153. The summed E-state index contributed by atoms with van der Waals surface area (Å²) in [6.07, 6.45) is 10.1. The van der Waals surface area contributed by atoms with Crippen molar-refractivity contribution in [3.05, 3.63) is 12.2 Å². The van der Waals surface area contributed by atoms with Crippen molar-refractivity contribution < 1.29 is 5.11 Å². The molecule has 0 aliphatic heterocycles. The first-order chi connectivity index (χ1) is 6.49. The first-order valence-electron chi connectivity index (χ1n) is 5.87. The van der Waals surface area contributed by atoms with E-state index < -0.39 is 5.60 Å². The lowest BCUT2D eigenvalue weighted by atomic mass is 9.96. The SMILES string of the molecule is CCCC(CC)C/C=C/CC(C)(C)O. The van der Waals surface area contributed by atoms with Gasteiger partial charge in [0, 0.05) is 0 Å². The maximum Gasteiger partial charge on any atom is 0.0626 e. The third-order valence-corrected chi connectivity index (χ3v) is 2.53. The molecule has 0 saturated heterocycles. The molecule has 0 aliphatic carbocycles. The molecule has 0 aromatic carbocycles. The third-order valence-electron chi connectivity index (χ3n) is 2.53. The second kappa shape index (κ2) is 7.05. The molecular formula is C13H26O. The van der Waals surface area contributed by atoms with E-state index in [1.807, 2.05) is 13.8 Å². The standard InChI is InChI=1S/C13H26O/c1-5-9-12(6-2)10-7-8-11-13(3,4)14/h7-8,12,14H,5-6,9-11H2,1-4H3/b8-7+. The molecule has 0 fully saturated rings. The average Bonchev–Trinajstić information content (AvgIpc) is 2.08. The zero-order valence-corrected chi connectivity index (χ0v) is 10.2. The van der Waals surface area contributed by atoms with Gasteiger partial charge in [0.1, 0.15) is 0 Å². The fraction of sp³-hybridized carbons (Fsp3) is 0.846. The molecule has 1 heteroatoms. The summed E-state index contributed by atoms with van der Waals surface area (Å²) in [4.78, 5) is 0. The number of rotatable bonds is 7. The number of aliphatic hydroxyl groups is 1. The smallest absolute Gasteiger partial charge is 0.0626 e. The molecule has 14 heavy (non-hydrogen) atoms. The van der Waals surface area contributed by atoms with Gasteiger partial charge in [-0.2, -0.15) is 0 Å². The lowest BCUT2D eigenvalue weighted by molar-refractivity contribution is 0.0838. The van der Waals surface area contributed by atoms with Gasteiger partial charge >= 0.3 is 0 Å². The van der Waals surface area contributed by atoms with Crippen molar-refractivity contribution >= 4 is 0 Å². The van der Waals surface area contributed by atoms with Gasteiger partial charge in [-0.15, -0.1) is 0 Å². The third kappa shape index (κ3) is 8.31. The minimum atomic E-state index is -0.553. The highest BCUT2D eigenvalue weighted by Gasteiger charge is 2.09. The van der Waals surface area contributed by atoms with Crippen molar-refractivity contribution in [3.8, 4) is 0 Å². The molecule has 0 aliphatic rings. The van der Waals surface area contributed by atoms with Crippen LogP contribution in [0, 0.1) is 5.92 Å². The molecule has 0 bridgehead atoms. The fourth-order valence-electron chi connectivity index (χ4n) is 1.56. The largest absolute Gasteiger partial charge is 0.390 e. The lowest BCUT2D eigenvalue weighted by Crippen LogP contribution is -2.16. The first kappa shape index (κ1) is 13.7. The van der Waals surface area contributed by atoms with Gasteiger partial charge in [-0.05, 0) is 32.6 Å². The van der Waals surface area contributed by atoms with Gasteiger partial charge < -0.3 is 5.11 Å². The molecule has 0 radical (unpaired) electrons. The van der Waals surface area contributed by atoms with Crippen LogP contribution >= 0.6 is 0 Å². The molecule has 84 valence electrons. The Morgan fingerprint density at radius 1 is 1.21 bits per heavy atom. The average molecular weight is 198 g/mol. The molecular weight excluding hydrogens is 172 g/mol. The van der Waals surface area contributed by atoms with Crippen LogP contribution in [0.1, 0.15) is 59.8 Å². The van der Waals surface area contributed by atoms with Crippen LogP contribution in [0.25, 0.3) is 0 Å².